The lowest BCUT2D eigenvalue weighted by Crippen LogP contribution is -1.96. The first-order chi connectivity index (χ1) is 10.1. The third kappa shape index (κ3) is 4.10. The SMILES string of the molecule is COc1ccc(C(=O)/C=C\Nc2ccc(C)c(Cl)c2)cc1. The Morgan fingerprint density at radius 2 is 1.90 bits per heavy atom. The van der Waals surface area contributed by atoms with Crippen LogP contribution in [0.1, 0.15) is 15.9 Å². The van der Waals surface area contributed by atoms with Crippen LogP contribution in [0.15, 0.2) is 54.7 Å². The molecule has 21 heavy (non-hydrogen) atoms. The summed E-state index contributed by atoms with van der Waals surface area (Å²) in [6, 6.07) is 12.6. The highest BCUT2D eigenvalue weighted by Gasteiger charge is 2.01. The summed E-state index contributed by atoms with van der Waals surface area (Å²) >= 11 is 6.04. The molecule has 0 aromatic heterocycles. The monoisotopic (exact) mass is 301 g/mol. The predicted octanol–water partition coefficient (Wildman–Crippen LogP) is 4.47. The maximum atomic E-state index is 12.0. The average Bonchev–Trinajstić information content (AvgIpc) is 2.51. The Balaban J connectivity index is 1.99. The molecule has 3 nitrogen and oxygen atoms in total. The van der Waals surface area contributed by atoms with Crippen molar-refractivity contribution in [2.75, 3.05) is 12.4 Å². The van der Waals surface area contributed by atoms with Crippen LogP contribution in [0.3, 0.4) is 0 Å². The zero-order valence-corrected chi connectivity index (χ0v) is 12.6. The van der Waals surface area contributed by atoms with Crippen LogP contribution in [0, 0.1) is 6.92 Å². The third-order valence-electron chi connectivity index (χ3n) is 3.03. The highest BCUT2D eigenvalue weighted by Crippen LogP contribution is 2.20. The Kier molecular flexibility index (Phi) is 5.01. The molecule has 0 unspecified atom stereocenters. The number of anilines is 1. The van der Waals surface area contributed by atoms with E-state index in [1.54, 1.807) is 37.6 Å². The molecule has 0 bridgehead atoms. The van der Waals surface area contributed by atoms with Gasteiger partial charge >= 0.3 is 0 Å². The van der Waals surface area contributed by atoms with Gasteiger partial charge in [0.1, 0.15) is 5.75 Å². The number of rotatable bonds is 5. The fourth-order valence-corrected chi connectivity index (χ4v) is 1.93. The number of hydrogen-bond donors (Lipinski definition) is 1. The minimum atomic E-state index is -0.0802. The molecule has 0 radical (unpaired) electrons. The van der Waals surface area contributed by atoms with Crippen molar-refractivity contribution in [3.8, 4) is 5.75 Å². The van der Waals surface area contributed by atoms with Crippen LogP contribution >= 0.6 is 11.6 Å². The number of carbonyl (C=O) groups excluding carboxylic acids is 1. The summed E-state index contributed by atoms with van der Waals surface area (Å²) in [6.07, 6.45) is 3.09. The lowest BCUT2D eigenvalue weighted by molar-refractivity contribution is 0.104. The molecule has 0 saturated heterocycles. The molecule has 0 fully saturated rings. The molecule has 0 aliphatic heterocycles. The zero-order valence-electron chi connectivity index (χ0n) is 11.9. The summed E-state index contributed by atoms with van der Waals surface area (Å²) < 4.78 is 5.05. The highest BCUT2D eigenvalue weighted by atomic mass is 35.5. The van der Waals surface area contributed by atoms with Crippen LogP contribution in [0.4, 0.5) is 5.69 Å². The molecule has 0 heterocycles. The fraction of sp³-hybridized carbons (Fsp3) is 0.118. The number of halogens is 1. The molecule has 4 heteroatoms. The van der Waals surface area contributed by atoms with E-state index in [2.05, 4.69) is 5.32 Å². The molecule has 0 aliphatic rings. The number of carbonyl (C=O) groups is 1. The van der Waals surface area contributed by atoms with Crippen molar-refractivity contribution < 1.29 is 9.53 Å². The van der Waals surface area contributed by atoms with Crippen LogP contribution in [0.2, 0.25) is 5.02 Å². The van der Waals surface area contributed by atoms with Crippen LogP contribution in [0.25, 0.3) is 0 Å². The molecule has 108 valence electrons. The number of methoxy groups -OCH3 is 1. The van der Waals surface area contributed by atoms with Crippen molar-refractivity contribution in [1.82, 2.24) is 0 Å². The first kappa shape index (κ1) is 15.1. The number of ether oxygens (including phenoxy) is 1. The molecule has 0 spiro atoms. The predicted molar refractivity (Wildman–Crippen MR) is 86.3 cm³/mol. The first-order valence-electron chi connectivity index (χ1n) is 6.48. The van der Waals surface area contributed by atoms with Gasteiger partial charge in [0.15, 0.2) is 5.78 Å². The number of nitrogens with one attached hydrogen (secondary N) is 1. The van der Waals surface area contributed by atoms with Crippen molar-refractivity contribution in [2.45, 2.75) is 6.92 Å². The minimum absolute atomic E-state index is 0.0802. The Hall–Kier alpha value is -2.26. The van der Waals surface area contributed by atoms with E-state index in [9.17, 15) is 4.79 Å². The van der Waals surface area contributed by atoms with Crippen LogP contribution < -0.4 is 10.1 Å². The highest BCUT2D eigenvalue weighted by molar-refractivity contribution is 6.31. The standard InChI is InChI=1S/C17H16ClNO2/c1-12-3-6-14(11-16(12)18)19-10-9-17(20)13-4-7-15(21-2)8-5-13/h3-11,19H,1-2H3/b10-9-. The molecule has 2 aromatic rings. The van der Waals surface area contributed by atoms with Gasteiger partial charge in [-0.15, -0.1) is 0 Å². The maximum absolute atomic E-state index is 12.0. The molecule has 2 aromatic carbocycles. The van der Waals surface area contributed by atoms with Gasteiger partial charge in [-0.05, 0) is 48.9 Å². The van der Waals surface area contributed by atoms with Gasteiger partial charge in [0.25, 0.3) is 0 Å². The number of aryl methyl sites for hydroxylation is 1. The first-order valence-corrected chi connectivity index (χ1v) is 6.85. The Bertz CT molecular complexity index is 663. The molecule has 0 aliphatic carbocycles. The van der Waals surface area contributed by atoms with E-state index in [1.807, 2.05) is 25.1 Å². The number of ketones is 1. The van der Waals surface area contributed by atoms with Gasteiger partial charge in [-0.2, -0.15) is 0 Å². The van der Waals surface area contributed by atoms with E-state index in [0.29, 0.717) is 10.6 Å². The van der Waals surface area contributed by atoms with Crippen molar-refractivity contribution in [1.29, 1.82) is 0 Å². The van der Waals surface area contributed by atoms with Crippen molar-refractivity contribution >= 4 is 23.1 Å². The topological polar surface area (TPSA) is 38.3 Å². The summed E-state index contributed by atoms with van der Waals surface area (Å²) in [5, 5.41) is 3.72. The van der Waals surface area contributed by atoms with Crippen LogP contribution in [-0.2, 0) is 0 Å². The van der Waals surface area contributed by atoms with Gasteiger partial charge < -0.3 is 10.1 Å². The molecule has 2 rings (SSSR count). The average molecular weight is 302 g/mol. The summed E-state index contributed by atoms with van der Waals surface area (Å²) in [7, 11) is 1.59. The van der Waals surface area contributed by atoms with Gasteiger partial charge in [0.2, 0.25) is 0 Å². The Morgan fingerprint density at radius 3 is 2.52 bits per heavy atom. The summed E-state index contributed by atoms with van der Waals surface area (Å²) in [4.78, 5) is 12.0. The van der Waals surface area contributed by atoms with E-state index in [0.717, 1.165) is 17.0 Å². The normalized spacial score (nSPS) is 10.6. The van der Waals surface area contributed by atoms with Gasteiger partial charge in [0.05, 0.1) is 7.11 Å². The van der Waals surface area contributed by atoms with E-state index >= 15 is 0 Å². The summed E-state index contributed by atoms with van der Waals surface area (Å²) in [6.45, 7) is 1.94. The summed E-state index contributed by atoms with van der Waals surface area (Å²) in [5.74, 6) is 0.645. The fourth-order valence-electron chi connectivity index (χ4n) is 1.75. The van der Waals surface area contributed by atoms with E-state index < -0.39 is 0 Å². The number of hydrogen-bond acceptors (Lipinski definition) is 3. The third-order valence-corrected chi connectivity index (χ3v) is 3.44. The van der Waals surface area contributed by atoms with Gasteiger partial charge in [-0.3, -0.25) is 4.79 Å². The van der Waals surface area contributed by atoms with E-state index in [4.69, 9.17) is 16.3 Å². The molecule has 0 atom stereocenters. The number of allylic oxidation sites excluding steroid dienone is 1. The van der Waals surface area contributed by atoms with E-state index in [1.165, 1.54) is 6.08 Å². The van der Waals surface area contributed by atoms with Gasteiger partial charge in [-0.25, -0.2) is 0 Å². The van der Waals surface area contributed by atoms with Crippen molar-refractivity contribution in [2.24, 2.45) is 0 Å². The van der Waals surface area contributed by atoms with Crippen LogP contribution in [0.5, 0.6) is 5.75 Å². The van der Waals surface area contributed by atoms with Crippen molar-refractivity contribution in [3.05, 3.63) is 70.9 Å². The largest absolute Gasteiger partial charge is 0.497 e. The second kappa shape index (κ2) is 6.95. The lowest BCUT2D eigenvalue weighted by atomic mass is 10.1. The number of benzene rings is 2. The smallest absolute Gasteiger partial charge is 0.187 e. The quantitative estimate of drug-likeness (QED) is 0.654. The summed E-state index contributed by atoms with van der Waals surface area (Å²) in [5.41, 5.74) is 2.46. The Labute approximate surface area is 129 Å². The lowest BCUT2D eigenvalue weighted by Gasteiger charge is -2.03. The van der Waals surface area contributed by atoms with Gasteiger partial charge in [-0.1, -0.05) is 17.7 Å². The molecular weight excluding hydrogens is 286 g/mol. The maximum Gasteiger partial charge on any atom is 0.187 e. The van der Waals surface area contributed by atoms with Crippen molar-refractivity contribution in [3.63, 3.8) is 0 Å². The van der Waals surface area contributed by atoms with Gasteiger partial charge in [0, 0.05) is 28.5 Å². The minimum Gasteiger partial charge on any atom is -0.497 e. The molecule has 1 N–H and O–H groups in total. The molecule has 0 amide bonds. The Morgan fingerprint density at radius 1 is 1.19 bits per heavy atom. The molecular formula is C17H16ClNO2. The second-order valence-corrected chi connectivity index (χ2v) is 4.94. The second-order valence-electron chi connectivity index (χ2n) is 4.53. The zero-order chi connectivity index (χ0) is 15.2. The van der Waals surface area contributed by atoms with E-state index in [-0.39, 0.29) is 5.78 Å². The molecule has 0 saturated carbocycles. The van der Waals surface area contributed by atoms with Crippen LogP contribution in [-0.4, -0.2) is 12.9 Å².